The van der Waals surface area contributed by atoms with Gasteiger partial charge in [0.25, 0.3) is 0 Å². The molecule has 1 atom stereocenters. The van der Waals surface area contributed by atoms with Crippen molar-refractivity contribution in [3.05, 3.63) is 16.5 Å². The van der Waals surface area contributed by atoms with Crippen molar-refractivity contribution in [1.29, 1.82) is 0 Å². The van der Waals surface area contributed by atoms with Gasteiger partial charge in [0, 0.05) is 12.1 Å². The summed E-state index contributed by atoms with van der Waals surface area (Å²) in [7, 11) is -3.57. The van der Waals surface area contributed by atoms with Crippen molar-refractivity contribution in [2.75, 3.05) is 0 Å². The zero-order valence-electron chi connectivity index (χ0n) is 10.7. The van der Waals surface area contributed by atoms with Crippen LogP contribution in [0.4, 0.5) is 0 Å². The number of rotatable bonds is 6. The minimum Gasteiger partial charge on any atom is -0.452 e. The highest BCUT2D eigenvalue weighted by molar-refractivity contribution is 9.10. The Morgan fingerprint density at radius 3 is 2.50 bits per heavy atom. The van der Waals surface area contributed by atoms with E-state index in [-0.39, 0.29) is 22.2 Å². The van der Waals surface area contributed by atoms with Crippen molar-refractivity contribution in [1.82, 2.24) is 4.72 Å². The van der Waals surface area contributed by atoms with E-state index in [2.05, 4.69) is 20.7 Å². The molecule has 0 spiro atoms. The van der Waals surface area contributed by atoms with Crippen LogP contribution in [0.1, 0.15) is 33.0 Å². The normalized spacial score (nSPS) is 14.1. The Hall–Kier alpha value is -0.370. The number of sulfonamides is 1. The van der Waals surface area contributed by atoms with Crippen LogP contribution in [-0.4, -0.2) is 14.5 Å². The molecule has 0 aliphatic carbocycles. The zero-order chi connectivity index (χ0) is 13.9. The molecule has 0 saturated heterocycles. The van der Waals surface area contributed by atoms with Crippen LogP contribution >= 0.6 is 15.9 Å². The number of hydrogen-bond acceptors (Lipinski definition) is 4. The maximum Gasteiger partial charge on any atom is 0.245 e. The summed E-state index contributed by atoms with van der Waals surface area (Å²) in [6.07, 6.45) is 0.776. The molecular formula is C11H19BrN2O3S. The summed E-state index contributed by atoms with van der Waals surface area (Å²) in [6, 6.07) is 1.31. The highest BCUT2D eigenvalue weighted by Gasteiger charge is 2.24. The molecule has 104 valence electrons. The number of halogens is 1. The fourth-order valence-electron chi connectivity index (χ4n) is 1.77. The first-order valence-corrected chi connectivity index (χ1v) is 8.04. The molecule has 18 heavy (non-hydrogen) atoms. The van der Waals surface area contributed by atoms with Gasteiger partial charge in [-0.3, -0.25) is 0 Å². The van der Waals surface area contributed by atoms with E-state index in [1.807, 2.05) is 20.8 Å². The molecule has 1 aromatic rings. The summed E-state index contributed by atoms with van der Waals surface area (Å²) in [6.45, 7) is 6.10. The van der Waals surface area contributed by atoms with Gasteiger partial charge in [-0.1, -0.05) is 13.8 Å². The summed E-state index contributed by atoms with van der Waals surface area (Å²) in [4.78, 5) is 0.0959. The number of furan rings is 1. The summed E-state index contributed by atoms with van der Waals surface area (Å²) in [5.74, 6) is 0.855. The van der Waals surface area contributed by atoms with Crippen molar-refractivity contribution >= 4 is 26.0 Å². The van der Waals surface area contributed by atoms with Crippen molar-refractivity contribution in [2.24, 2.45) is 11.7 Å². The molecule has 3 N–H and O–H groups in total. The second-order valence-corrected chi connectivity index (χ2v) is 7.11. The van der Waals surface area contributed by atoms with Gasteiger partial charge in [0.15, 0.2) is 4.67 Å². The van der Waals surface area contributed by atoms with Crippen LogP contribution in [-0.2, 0) is 16.6 Å². The van der Waals surface area contributed by atoms with E-state index in [1.165, 1.54) is 6.07 Å². The highest BCUT2D eigenvalue weighted by atomic mass is 79.9. The molecule has 0 aromatic carbocycles. The van der Waals surface area contributed by atoms with E-state index in [0.29, 0.717) is 11.7 Å². The van der Waals surface area contributed by atoms with Gasteiger partial charge in [0.05, 0.1) is 6.54 Å². The molecule has 7 heteroatoms. The van der Waals surface area contributed by atoms with Gasteiger partial charge < -0.3 is 10.2 Å². The van der Waals surface area contributed by atoms with Gasteiger partial charge in [-0.2, -0.15) is 0 Å². The van der Waals surface area contributed by atoms with Crippen LogP contribution in [0.25, 0.3) is 0 Å². The predicted octanol–water partition coefficient (Wildman–Crippen LogP) is 2.21. The lowest BCUT2D eigenvalue weighted by Gasteiger charge is -2.15. The number of nitrogens with one attached hydrogen (secondary N) is 1. The van der Waals surface area contributed by atoms with Gasteiger partial charge in [-0.25, -0.2) is 13.1 Å². The van der Waals surface area contributed by atoms with Gasteiger partial charge in [0.1, 0.15) is 10.7 Å². The summed E-state index contributed by atoms with van der Waals surface area (Å²) in [5.41, 5.74) is 5.41. The lowest BCUT2D eigenvalue weighted by atomic mass is 10.1. The van der Waals surface area contributed by atoms with Crippen LogP contribution in [0.5, 0.6) is 0 Å². The molecule has 0 saturated carbocycles. The third-order valence-corrected chi connectivity index (χ3v) is 4.82. The summed E-state index contributed by atoms with van der Waals surface area (Å²) in [5, 5.41) is 0. The Kier molecular flexibility index (Phi) is 5.39. The molecule has 1 aromatic heterocycles. The fraction of sp³-hybridized carbons (Fsp3) is 0.636. The molecule has 0 radical (unpaired) electrons. The summed E-state index contributed by atoms with van der Waals surface area (Å²) >= 11 is 3.09. The van der Waals surface area contributed by atoms with Crippen LogP contribution in [0.15, 0.2) is 20.0 Å². The van der Waals surface area contributed by atoms with Crippen LogP contribution < -0.4 is 10.5 Å². The molecule has 0 fully saturated rings. The van der Waals surface area contributed by atoms with Gasteiger partial charge in [-0.15, -0.1) is 0 Å². The Bertz CT molecular complexity index is 496. The standard InChI is InChI=1S/C11H19BrN2O3S/c1-7(2)4-8(3)14-18(15,16)10-5-9(6-13)17-11(10)12/h5,7-8,14H,4,6,13H2,1-3H3. The van der Waals surface area contributed by atoms with E-state index in [4.69, 9.17) is 10.2 Å². The Morgan fingerprint density at radius 1 is 1.44 bits per heavy atom. The van der Waals surface area contributed by atoms with E-state index in [9.17, 15) is 8.42 Å². The Balaban J connectivity index is 2.89. The Morgan fingerprint density at radius 2 is 2.06 bits per heavy atom. The van der Waals surface area contributed by atoms with Crippen LogP contribution in [0.3, 0.4) is 0 Å². The van der Waals surface area contributed by atoms with Crippen molar-refractivity contribution in [3.63, 3.8) is 0 Å². The maximum atomic E-state index is 12.1. The minimum atomic E-state index is -3.57. The molecule has 0 aliphatic heterocycles. The van der Waals surface area contributed by atoms with E-state index >= 15 is 0 Å². The molecule has 5 nitrogen and oxygen atoms in total. The zero-order valence-corrected chi connectivity index (χ0v) is 13.1. The lowest BCUT2D eigenvalue weighted by molar-refractivity contribution is 0.475. The third-order valence-electron chi connectivity index (χ3n) is 2.38. The van der Waals surface area contributed by atoms with E-state index < -0.39 is 10.0 Å². The quantitative estimate of drug-likeness (QED) is 0.832. The SMILES string of the molecule is CC(C)CC(C)NS(=O)(=O)c1cc(CN)oc1Br. The third kappa shape index (κ3) is 4.08. The maximum absolute atomic E-state index is 12.1. The smallest absolute Gasteiger partial charge is 0.245 e. The molecular weight excluding hydrogens is 320 g/mol. The topological polar surface area (TPSA) is 85.3 Å². The Labute approximate surface area is 116 Å². The summed E-state index contributed by atoms with van der Waals surface area (Å²) < 4.78 is 32.3. The second kappa shape index (κ2) is 6.18. The van der Waals surface area contributed by atoms with Crippen molar-refractivity contribution in [2.45, 2.75) is 44.7 Å². The predicted molar refractivity (Wildman–Crippen MR) is 73.5 cm³/mol. The first kappa shape index (κ1) is 15.7. The lowest BCUT2D eigenvalue weighted by Crippen LogP contribution is -2.33. The number of hydrogen-bond donors (Lipinski definition) is 2. The van der Waals surface area contributed by atoms with Crippen LogP contribution in [0.2, 0.25) is 0 Å². The first-order valence-electron chi connectivity index (χ1n) is 5.77. The van der Waals surface area contributed by atoms with Gasteiger partial charge >= 0.3 is 0 Å². The molecule has 1 rings (SSSR count). The average Bonchev–Trinajstić information content (AvgIpc) is 2.58. The molecule has 1 heterocycles. The van der Waals surface area contributed by atoms with E-state index in [1.54, 1.807) is 0 Å². The highest BCUT2D eigenvalue weighted by Crippen LogP contribution is 2.26. The fourth-order valence-corrected chi connectivity index (χ4v) is 4.02. The molecule has 0 amide bonds. The van der Waals surface area contributed by atoms with Gasteiger partial charge in [-0.05, 0) is 35.2 Å². The second-order valence-electron chi connectivity index (χ2n) is 4.71. The largest absolute Gasteiger partial charge is 0.452 e. The van der Waals surface area contributed by atoms with E-state index in [0.717, 1.165) is 6.42 Å². The van der Waals surface area contributed by atoms with Gasteiger partial charge in [0.2, 0.25) is 10.0 Å². The van der Waals surface area contributed by atoms with Crippen molar-refractivity contribution < 1.29 is 12.8 Å². The average molecular weight is 339 g/mol. The first-order chi connectivity index (χ1) is 8.26. The molecule has 1 unspecified atom stereocenters. The monoisotopic (exact) mass is 338 g/mol. The molecule has 0 bridgehead atoms. The number of nitrogens with two attached hydrogens (primary N) is 1. The van der Waals surface area contributed by atoms with Crippen LogP contribution in [0, 0.1) is 5.92 Å². The minimum absolute atomic E-state index is 0.0959. The molecule has 0 aliphatic rings. The van der Waals surface area contributed by atoms with Crippen molar-refractivity contribution in [3.8, 4) is 0 Å².